The Kier molecular flexibility index (Phi) is 6.44. The third-order valence-electron chi connectivity index (χ3n) is 3.30. The van der Waals surface area contributed by atoms with Crippen LogP contribution in [0.4, 0.5) is 4.79 Å². The molecule has 1 aromatic heterocycles. The molecule has 0 saturated carbocycles. The van der Waals surface area contributed by atoms with E-state index in [0.717, 1.165) is 12.8 Å². The van der Waals surface area contributed by atoms with Crippen molar-refractivity contribution in [3.63, 3.8) is 0 Å². The van der Waals surface area contributed by atoms with Crippen molar-refractivity contribution in [2.24, 2.45) is 7.05 Å². The lowest BCUT2D eigenvalue weighted by molar-refractivity contribution is -0.670. The molecule has 0 aromatic carbocycles. The van der Waals surface area contributed by atoms with Crippen molar-refractivity contribution in [2.75, 3.05) is 13.2 Å². The quantitative estimate of drug-likeness (QED) is 0.323. The molecule has 0 aliphatic carbocycles. The van der Waals surface area contributed by atoms with Crippen LogP contribution in [0.2, 0.25) is 0 Å². The van der Waals surface area contributed by atoms with Gasteiger partial charge in [-0.25, -0.2) is 14.2 Å². The summed E-state index contributed by atoms with van der Waals surface area (Å²) in [6.07, 6.45) is 7.74. The van der Waals surface area contributed by atoms with Crippen LogP contribution in [0.1, 0.15) is 26.2 Å². The van der Waals surface area contributed by atoms with Crippen molar-refractivity contribution in [1.29, 1.82) is 0 Å². The number of halogens is 1. The van der Waals surface area contributed by atoms with Crippen molar-refractivity contribution >= 4 is 12.0 Å². The summed E-state index contributed by atoms with van der Waals surface area (Å²) in [7, 11) is 1.85. The second-order valence-corrected chi connectivity index (χ2v) is 4.73. The summed E-state index contributed by atoms with van der Waals surface area (Å²) < 4.78 is 8.35. The number of esters is 1. The van der Waals surface area contributed by atoms with Crippen molar-refractivity contribution < 1.29 is 42.9 Å². The van der Waals surface area contributed by atoms with E-state index in [0.29, 0.717) is 19.6 Å². The first-order valence-corrected chi connectivity index (χ1v) is 6.64. The van der Waals surface area contributed by atoms with Crippen molar-refractivity contribution in [1.82, 2.24) is 9.47 Å². The molecule has 0 spiro atoms. The molecular weight excluding hydrogens is 373 g/mol. The second-order valence-electron chi connectivity index (χ2n) is 4.73. The van der Waals surface area contributed by atoms with Crippen LogP contribution >= 0.6 is 0 Å². The highest BCUT2D eigenvalue weighted by Gasteiger charge is 2.35. The maximum Gasteiger partial charge on any atom is 0.416 e. The number of hydrogen-bond acceptors (Lipinski definition) is 3. The van der Waals surface area contributed by atoms with E-state index in [9.17, 15) is 9.59 Å². The summed E-state index contributed by atoms with van der Waals surface area (Å²) in [6, 6.07) is -0.618. The van der Waals surface area contributed by atoms with Gasteiger partial charge in [0.05, 0.1) is 13.7 Å². The zero-order chi connectivity index (χ0) is 13.8. The summed E-state index contributed by atoms with van der Waals surface area (Å²) in [5, 5.41) is 0. The van der Waals surface area contributed by atoms with Gasteiger partial charge in [-0.1, -0.05) is 0 Å². The topological polar surface area (TPSA) is 55.4 Å². The van der Waals surface area contributed by atoms with Crippen LogP contribution in [0.25, 0.3) is 0 Å². The van der Waals surface area contributed by atoms with Gasteiger partial charge in [0.2, 0.25) is 0 Å². The predicted molar refractivity (Wildman–Crippen MR) is 67.4 cm³/mol. The average molecular weight is 393 g/mol. The fraction of sp³-hybridized carbons (Fsp3) is 0.615. The van der Waals surface area contributed by atoms with E-state index >= 15 is 0 Å². The minimum Gasteiger partial charge on any atom is -1.00 e. The van der Waals surface area contributed by atoms with Crippen LogP contribution in [0, 0.1) is 0 Å². The molecule has 1 unspecified atom stereocenters. The van der Waals surface area contributed by atoms with Gasteiger partial charge in [-0.2, -0.15) is 4.57 Å². The molecule has 112 valence electrons. The average Bonchev–Trinajstić information content (AvgIpc) is 2.85. The number of ether oxygens (including phenoxy) is 1. The highest BCUT2D eigenvalue weighted by molar-refractivity contribution is 5.84. The Morgan fingerprint density at radius 1 is 1.40 bits per heavy atom. The Labute approximate surface area is 135 Å². The SMILES string of the molecule is CCOC(=O)C1CCCCN1C(=O)n1cc[n+](C)c1.[I-]. The number of aryl methyl sites for hydroxylation is 1. The van der Waals surface area contributed by atoms with E-state index in [-0.39, 0.29) is 36.0 Å². The molecule has 1 aromatic rings. The largest absolute Gasteiger partial charge is 1.00 e. The monoisotopic (exact) mass is 393 g/mol. The van der Waals surface area contributed by atoms with Gasteiger partial charge in [-0.15, -0.1) is 0 Å². The van der Waals surface area contributed by atoms with Gasteiger partial charge in [-0.05, 0) is 26.2 Å². The molecule has 1 saturated heterocycles. The smallest absolute Gasteiger partial charge is 0.416 e. The molecule has 2 rings (SSSR count). The van der Waals surface area contributed by atoms with Crippen LogP contribution < -0.4 is 28.5 Å². The van der Waals surface area contributed by atoms with E-state index in [1.807, 2.05) is 7.05 Å². The summed E-state index contributed by atoms with van der Waals surface area (Å²) in [4.78, 5) is 25.9. The first-order chi connectivity index (χ1) is 9.13. The summed E-state index contributed by atoms with van der Waals surface area (Å²) >= 11 is 0. The highest BCUT2D eigenvalue weighted by Crippen LogP contribution is 2.19. The van der Waals surface area contributed by atoms with Gasteiger partial charge in [0.15, 0.2) is 0 Å². The fourth-order valence-electron chi connectivity index (χ4n) is 2.36. The van der Waals surface area contributed by atoms with E-state index in [2.05, 4.69) is 0 Å². The van der Waals surface area contributed by atoms with Gasteiger partial charge in [0, 0.05) is 6.54 Å². The van der Waals surface area contributed by atoms with E-state index in [1.165, 1.54) is 4.57 Å². The van der Waals surface area contributed by atoms with Crippen LogP contribution in [0.3, 0.4) is 0 Å². The number of carbonyl (C=O) groups excluding carboxylic acids is 2. The molecular formula is C13H20IN3O3. The highest BCUT2D eigenvalue weighted by atomic mass is 127. The lowest BCUT2D eigenvalue weighted by Gasteiger charge is -2.31. The minimum atomic E-state index is -0.450. The van der Waals surface area contributed by atoms with Gasteiger partial charge in [0.1, 0.15) is 18.4 Å². The molecule has 1 atom stereocenters. The first-order valence-electron chi connectivity index (χ1n) is 6.64. The lowest BCUT2D eigenvalue weighted by atomic mass is 10.0. The Hall–Kier alpha value is -1.12. The van der Waals surface area contributed by atoms with Gasteiger partial charge in [0.25, 0.3) is 6.33 Å². The standard InChI is InChI=1S/C13H20N3O3.HI/c1-3-19-12(17)11-6-4-5-7-16(11)13(18)15-9-8-14(2)10-15;/h8-11H,3-7H2,1-2H3;1H/q+1;/p-1. The molecule has 1 aliphatic heterocycles. The van der Waals surface area contributed by atoms with Crippen LogP contribution in [0.5, 0.6) is 0 Å². The van der Waals surface area contributed by atoms with Crippen LogP contribution in [0.15, 0.2) is 18.7 Å². The molecule has 20 heavy (non-hydrogen) atoms. The van der Waals surface area contributed by atoms with Crippen molar-refractivity contribution in [3.8, 4) is 0 Å². The number of amides is 1. The molecule has 1 fully saturated rings. The maximum absolute atomic E-state index is 12.4. The normalized spacial score (nSPS) is 18.3. The molecule has 1 amide bonds. The molecule has 0 bridgehead atoms. The zero-order valence-electron chi connectivity index (χ0n) is 11.8. The second kappa shape index (κ2) is 7.61. The molecule has 0 radical (unpaired) electrons. The number of rotatable bonds is 2. The Morgan fingerprint density at radius 3 is 2.75 bits per heavy atom. The first kappa shape index (κ1) is 16.9. The van der Waals surface area contributed by atoms with Crippen molar-refractivity contribution in [3.05, 3.63) is 18.7 Å². The number of nitrogens with zero attached hydrogens (tertiary/aromatic N) is 3. The van der Waals surface area contributed by atoms with E-state index < -0.39 is 6.04 Å². The summed E-state index contributed by atoms with van der Waals surface area (Å²) in [5.74, 6) is -0.299. The van der Waals surface area contributed by atoms with Crippen molar-refractivity contribution in [2.45, 2.75) is 32.2 Å². The number of imidazole rings is 1. The van der Waals surface area contributed by atoms with Gasteiger partial charge in [-0.3, -0.25) is 4.90 Å². The fourth-order valence-corrected chi connectivity index (χ4v) is 2.36. The number of hydrogen-bond donors (Lipinski definition) is 0. The maximum atomic E-state index is 12.4. The Balaban J connectivity index is 0.00000200. The summed E-state index contributed by atoms with van der Waals surface area (Å²) in [5.41, 5.74) is 0. The number of aromatic nitrogens is 2. The van der Waals surface area contributed by atoms with Gasteiger partial charge >= 0.3 is 12.0 Å². The molecule has 1 aliphatic rings. The van der Waals surface area contributed by atoms with Crippen LogP contribution in [-0.4, -0.2) is 40.7 Å². The molecule has 2 heterocycles. The zero-order valence-corrected chi connectivity index (χ0v) is 13.9. The van der Waals surface area contributed by atoms with Gasteiger partial charge < -0.3 is 28.7 Å². The Bertz CT molecular complexity index is 475. The Morgan fingerprint density at radius 2 is 2.15 bits per heavy atom. The lowest BCUT2D eigenvalue weighted by Crippen LogP contribution is -3.00. The molecule has 0 N–H and O–H groups in total. The third kappa shape index (κ3) is 3.71. The number of piperidine rings is 1. The van der Waals surface area contributed by atoms with E-state index in [1.54, 1.807) is 35.1 Å². The van der Waals surface area contributed by atoms with E-state index in [4.69, 9.17) is 4.74 Å². The molecule has 6 nitrogen and oxygen atoms in total. The summed E-state index contributed by atoms with van der Waals surface area (Å²) in [6.45, 7) is 2.72. The molecule has 7 heteroatoms. The third-order valence-corrected chi connectivity index (χ3v) is 3.30. The number of carbonyl (C=O) groups is 2. The minimum absolute atomic E-state index is 0. The van der Waals surface area contributed by atoms with Crippen LogP contribution in [-0.2, 0) is 16.6 Å². The number of likely N-dealkylation sites (tertiary alicyclic amines) is 1. The predicted octanol–water partition coefficient (Wildman–Crippen LogP) is -2.30.